The quantitative estimate of drug-likeness (QED) is 0.679. The average Bonchev–Trinajstić information content (AvgIpc) is 3.00. The summed E-state index contributed by atoms with van der Waals surface area (Å²) < 4.78 is 18.5. The summed E-state index contributed by atoms with van der Waals surface area (Å²) in [5.74, 6) is 1.58. The van der Waals surface area contributed by atoms with Crippen molar-refractivity contribution in [2.75, 3.05) is 26.9 Å². The molecule has 2 unspecified atom stereocenters. The Morgan fingerprint density at radius 1 is 1.33 bits per heavy atom. The fourth-order valence-corrected chi connectivity index (χ4v) is 3.27. The monoisotopic (exact) mass is 421 g/mol. The zero-order valence-corrected chi connectivity index (χ0v) is 15.5. The third-order valence-corrected chi connectivity index (χ3v) is 4.79. The van der Waals surface area contributed by atoms with Crippen molar-refractivity contribution in [2.24, 2.45) is 0 Å². The minimum Gasteiger partial charge on any atom is -0.496 e. The highest BCUT2D eigenvalue weighted by molar-refractivity contribution is 9.11. The van der Waals surface area contributed by atoms with Gasteiger partial charge in [-0.15, -0.1) is 0 Å². The first-order valence-electron chi connectivity index (χ1n) is 7.12. The van der Waals surface area contributed by atoms with Crippen LogP contribution in [-0.2, 0) is 4.74 Å². The molecule has 1 heterocycles. The Balaban J connectivity index is 1.76. The molecule has 0 amide bonds. The van der Waals surface area contributed by atoms with Gasteiger partial charge in [0.05, 0.1) is 22.2 Å². The molecule has 1 aliphatic heterocycles. The molecule has 1 N–H and O–H groups in total. The van der Waals surface area contributed by atoms with Crippen molar-refractivity contribution >= 4 is 31.9 Å². The first-order valence-corrected chi connectivity index (χ1v) is 8.71. The highest BCUT2D eigenvalue weighted by Gasteiger charge is 2.21. The number of halogens is 2. The van der Waals surface area contributed by atoms with Crippen LogP contribution in [0.15, 0.2) is 21.1 Å². The number of methoxy groups -OCH3 is 1. The fraction of sp³-hybridized carbons (Fsp3) is 0.600. The van der Waals surface area contributed by atoms with Crippen molar-refractivity contribution in [1.29, 1.82) is 0 Å². The number of rotatable bonds is 7. The number of benzene rings is 1. The Morgan fingerprint density at radius 3 is 2.71 bits per heavy atom. The van der Waals surface area contributed by atoms with Gasteiger partial charge in [-0.25, -0.2) is 0 Å². The van der Waals surface area contributed by atoms with E-state index in [0.717, 1.165) is 40.0 Å². The fourth-order valence-electron chi connectivity index (χ4n) is 2.35. The molecule has 118 valence electrons. The lowest BCUT2D eigenvalue weighted by Crippen LogP contribution is -2.39. The summed E-state index contributed by atoms with van der Waals surface area (Å²) in [5, 5.41) is 3.45. The molecular formula is C15H21Br2NO3. The topological polar surface area (TPSA) is 39.7 Å². The number of hydrogen-bond donors (Lipinski definition) is 1. The van der Waals surface area contributed by atoms with E-state index in [2.05, 4.69) is 44.1 Å². The van der Waals surface area contributed by atoms with Crippen LogP contribution in [0.25, 0.3) is 0 Å². The largest absolute Gasteiger partial charge is 0.496 e. The summed E-state index contributed by atoms with van der Waals surface area (Å²) in [5.41, 5.74) is 0. The number of nitrogens with one attached hydrogen (secondary N) is 1. The molecule has 1 saturated heterocycles. The summed E-state index contributed by atoms with van der Waals surface area (Å²) in [6.07, 6.45) is 2.65. The van der Waals surface area contributed by atoms with Crippen molar-refractivity contribution in [3.63, 3.8) is 0 Å². The normalized spacial score (nSPS) is 19.5. The van der Waals surface area contributed by atoms with Gasteiger partial charge in [0, 0.05) is 19.2 Å². The van der Waals surface area contributed by atoms with Crippen molar-refractivity contribution in [3.05, 3.63) is 21.1 Å². The molecule has 0 radical (unpaired) electrons. The Bertz CT molecular complexity index is 464. The third-order valence-electron chi connectivity index (χ3n) is 3.55. The standard InChI is InChI=1S/C15H21Br2NO3/c1-10(13-4-3-6-20-13)18-5-7-21-15-9-11(16)14(19-2)8-12(15)17/h8-10,13,18H,3-7H2,1-2H3. The third kappa shape index (κ3) is 4.84. The van der Waals surface area contributed by atoms with Gasteiger partial charge >= 0.3 is 0 Å². The van der Waals surface area contributed by atoms with Crippen molar-refractivity contribution in [1.82, 2.24) is 5.32 Å². The highest BCUT2D eigenvalue weighted by atomic mass is 79.9. The summed E-state index contributed by atoms with van der Waals surface area (Å²) >= 11 is 6.95. The van der Waals surface area contributed by atoms with E-state index >= 15 is 0 Å². The van der Waals surface area contributed by atoms with Gasteiger partial charge in [0.25, 0.3) is 0 Å². The van der Waals surface area contributed by atoms with E-state index in [4.69, 9.17) is 14.2 Å². The molecule has 6 heteroatoms. The molecule has 1 aromatic carbocycles. The Kier molecular flexibility index (Phi) is 6.79. The summed E-state index contributed by atoms with van der Waals surface area (Å²) in [4.78, 5) is 0. The van der Waals surface area contributed by atoms with Gasteiger partial charge in [-0.2, -0.15) is 0 Å². The van der Waals surface area contributed by atoms with Crippen molar-refractivity contribution in [2.45, 2.75) is 31.9 Å². The second-order valence-electron chi connectivity index (χ2n) is 5.06. The van der Waals surface area contributed by atoms with Gasteiger partial charge in [-0.3, -0.25) is 0 Å². The Labute approximate surface area is 142 Å². The molecule has 0 aromatic heterocycles. The van der Waals surface area contributed by atoms with Crippen LogP contribution in [0.1, 0.15) is 19.8 Å². The molecule has 1 aromatic rings. The van der Waals surface area contributed by atoms with E-state index in [1.165, 1.54) is 6.42 Å². The van der Waals surface area contributed by atoms with Gasteiger partial charge in [0.2, 0.25) is 0 Å². The van der Waals surface area contributed by atoms with Gasteiger partial charge in [0.1, 0.15) is 18.1 Å². The molecule has 0 aliphatic carbocycles. The molecule has 21 heavy (non-hydrogen) atoms. The molecule has 0 spiro atoms. The van der Waals surface area contributed by atoms with E-state index in [1.54, 1.807) is 7.11 Å². The lowest BCUT2D eigenvalue weighted by molar-refractivity contribution is 0.0824. The van der Waals surface area contributed by atoms with E-state index in [-0.39, 0.29) is 0 Å². The predicted octanol–water partition coefficient (Wildman–Crippen LogP) is 3.76. The number of hydrogen-bond acceptors (Lipinski definition) is 4. The minimum absolute atomic E-state index is 0.340. The van der Waals surface area contributed by atoms with Crippen molar-refractivity contribution in [3.8, 4) is 11.5 Å². The molecule has 2 rings (SSSR count). The first-order chi connectivity index (χ1) is 10.1. The molecule has 0 bridgehead atoms. The van der Waals surface area contributed by atoms with Crippen LogP contribution in [0.4, 0.5) is 0 Å². The maximum absolute atomic E-state index is 5.79. The van der Waals surface area contributed by atoms with Crippen LogP contribution in [0.2, 0.25) is 0 Å². The average molecular weight is 423 g/mol. The van der Waals surface area contributed by atoms with Gasteiger partial charge in [-0.1, -0.05) is 0 Å². The van der Waals surface area contributed by atoms with Gasteiger partial charge in [-0.05, 0) is 63.8 Å². The van der Waals surface area contributed by atoms with Gasteiger partial charge < -0.3 is 19.5 Å². The van der Waals surface area contributed by atoms with E-state index in [0.29, 0.717) is 18.8 Å². The highest BCUT2D eigenvalue weighted by Crippen LogP contribution is 2.35. The molecule has 1 aliphatic rings. The van der Waals surface area contributed by atoms with Crippen LogP contribution >= 0.6 is 31.9 Å². The zero-order valence-electron chi connectivity index (χ0n) is 12.3. The Hall–Kier alpha value is -0.300. The molecule has 2 atom stereocenters. The van der Waals surface area contributed by atoms with Crippen LogP contribution in [0.3, 0.4) is 0 Å². The van der Waals surface area contributed by atoms with Crippen LogP contribution in [0.5, 0.6) is 11.5 Å². The molecule has 0 saturated carbocycles. The molecule has 4 nitrogen and oxygen atoms in total. The van der Waals surface area contributed by atoms with Crippen LogP contribution in [-0.4, -0.2) is 39.0 Å². The van der Waals surface area contributed by atoms with E-state index in [1.807, 2.05) is 12.1 Å². The van der Waals surface area contributed by atoms with Crippen molar-refractivity contribution < 1.29 is 14.2 Å². The predicted molar refractivity (Wildman–Crippen MR) is 90.3 cm³/mol. The molecule has 1 fully saturated rings. The molecular weight excluding hydrogens is 402 g/mol. The first kappa shape index (κ1) is 17.1. The summed E-state index contributed by atoms with van der Waals surface area (Å²) in [6, 6.07) is 4.16. The summed E-state index contributed by atoms with van der Waals surface area (Å²) in [7, 11) is 1.64. The zero-order chi connectivity index (χ0) is 15.2. The van der Waals surface area contributed by atoms with Gasteiger partial charge in [0.15, 0.2) is 0 Å². The van der Waals surface area contributed by atoms with Crippen LogP contribution in [0, 0.1) is 0 Å². The minimum atomic E-state index is 0.340. The smallest absolute Gasteiger partial charge is 0.134 e. The number of ether oxygens (including phenoxy) is 3. The van der Waals surface area contributed by atoms with Crippen LogP contribution < -0.4 is 14.8 Å². The maximum Gasteiger partial charge on any atom is 0.134 e. The van der Waals surface area contributed by atoms with E-state index in [9.17, 15) is 0 Å². The Morgan fingerprint density at radius 2 is 2.05 bits per heavy atom. The lowest BCUT2D eigenvalue weighted by atomic mass is 10.1. The SMILES string of the molecule is COc1cc(Br)c(OCCNC(C)C2CCCO2)cc1Br. The second kappa shape index (κ2) is 8.36. The summed E-state index contributed by atoms with van der Waals surface area (Å²) in [6.45, 7) is 4.45. The lowest BCUT2D eigenvalue weighted by Gasteiger charge is -2.20. The second-order valence-corrected chi connectivity index (χ2v) is 6.77. The maximum atomic E-state index is 5.79. The van der Waals surface area contributed by atoms with E-state index < -0.39 is 0 Å².